The lowest BCUT2D eigenvalue weighted by Gasteiger charge is -2.10. The van der Waals surface area contributed by atoms with Crippen molar-refractivity contribution in [3.8, 4) is 0 Å². The molecule has 0 aromatic carbocycles. The van der Waals surface area contributed by atoms with Crippen LogP contribution >= 0.6 is 11.6 Å². The molecule has 0 aliphatic carbocycles. The second-order valence-electron chi connectivity index (χ2n) is 3.09. The summed E-state index contributed by atoms with van der Waals surface area (Å²) in [6, 6.07) is 0. The van der Waals surface area contributed by atoms with Gasteiger partial charge in [-0.1, -0.05) is 11.6 Å². The molecule has 1 aromatic rings. The molecule has 1 atom stereocenters. The lowest BCUT2D eigenvalue weighted by molar-refractivity contribution is -0.00350. The number of hydrogen-bond donors (Lipinski definition) is 2. The van der Waals surface area contributed by atoms with E-state index in [0.717, 1.165) is 0 Å². The molecule has 2 N–H and O–H groups in total. The highest BCUT2D eigenvalue weighted by atomic mass is 35.5. The van der Waals surface area contributed by atoms with Gasteiger partial charge in [0.2, 0.25) is 0 Å². The summed E-state index contributed by atoms with van der Waals surface area (Å²) in [5.41, 5.74) is 0. The van der Waals surface area contributed by atoms with Crippen molar-refractivity contribution in [2.24, 2.45) is 7.05 Å². The number of aromatic nitrogens is 2. The maximum atomic E-state index is 11.9. The first kappa shape index (κ1) is 12.4. The predicted octanol–water partition coefficient (Wildman–Crippen LogP) is 0.789. The van der Waals surface area contributed by atoms with Crippen molar-refractivity contribution < 1.29 is 13.9 Å². The van der Waals surface area contributed by atoms with Gasteiger partial charge in [0.05, 0.1) is 12.7 Å². The first-order chi connectivity index (χ1) is 7.02. The number of halogens is 3. The smallest absolute Gasteiger partial charge is 0.265 e. The van der Waals surface area contributed by atoms with E-state index in [0.29, 0.717) is 11.0 Å². The van der Waals surface area contributed by atoms with Crippen molar-refractivity contribution in [3.63, 3.8) is 0 Å². The fraction of sp³-hybridized carbons (Fsp3) is 0.625. The standard InChI is InChI=1S/C8H12ClF2N3O/c1-14-6(9)3-13-7(14)4-12-2-5(15)8(10)11/h3,5,8,12,15H,2,4H2,1H3. The molecule has 0 aliphatic heterocycles. The number of aliphatic hydroxyl groups is 1. The summed E-state index contributed by atoms with van der Waals surface area (Å²) >= 11 is 5.72. The SMILES string of the molecule is Cn1c(Cl)cnc1CNCC(O)C(F)F. The highest BCUT2D eigenvalue weighted by Crippen LogP contribution is 2.08. The normalized spacial score (nSPS) is 13.5. The fourth-order valence-electron chi connectivity index (χ4n) is 1.01. The van der Waals surface area contributed by atoms with Gasteiger partial charge in [0.15, 0.2) is 0 Å². The molecule has 1 aromatic heterocycles. The Kier molecular flexibility index (Phi) is 4.44. The number of nitrogens with one attached hydrogen (secondary N) is 1. The zero-order valence-corrected chi connectivity index (χ0v) is 8.88. The van der Waals surface area contributed by atoms with Crippen molar-refractivity contribution in [2.75, 3.05) is 6.54 Å². The largest absolute Gasteiger partial charge is 0.386 e. The first-order valence-corrected chi connectivity index (χ1v) is 4.73. The second-order valence-corrected chi connectivity index (χ2v) is 3.48. The zero-order valence-electron chi connectivity index (χ0n) is 8.12. The van der Waals surface area contributed by atoms with Crippen molar-refractivity contribution in [1.82, 2.24) is 14.9 Å². The number of rotatable bonds is 5. The number of alkyl halides is 2. The van der Waals surface area contributed by atoms with E-state index in [4.69, 9.17) is 16.7 Å². The monoisotopic (exact) mass is 239 g/mol. The highest BCUT2D eigenvalue weighted by molar-refractivity contribution is 6.29. The van der Waals surface area contributed by atoms with E-state index in [1.807, 2.05) is 0 Å². The molecular formula is C8H12ClF2N3O. The van der Waals surface area contributed by atoms with Gasteiger partial charge in [-0.05, 0) is 0 Å². The molecule has 0 aliphatic rings. The second kappa shape index (κ2) is 5.39. The van der Waals surface area contributed by atoms with E-state index >= 15 is 0 Å². The van der Waals surface area contributed by atoms with Gasteiger partial charge in [-0.25, -0.2) is 13.8 Å². The van der Waals surface area contributed by atoms with Crippen LogP contribution in [0.25, 0.3) is 0 Å². The van der Waals surface area contributed by atoms with E-state index in [2.05, 4.69) is 10.3 Å². The average Bonchev–Trinajstić information content (AvgIpc) is 2.49. The Morgan fingerprint density at radius 3 is 2.80 bits per heavy atom. The van der Waals surface area contributed by atoms with E-state index in [-0.39, 0.29) is 13.1 Å². The zero-order chi connectivity index (χ0) is 11.4. The van der Waals surface area contributed by atoms with Crippen LogP contribution in [0.3, 0.4) is 0 Å². The molecule has 0 radical (unpaired) electrons. The minimum Gasteiger partial charge on any atom is -0.386 e. The molecule has 86 valence electrons. The number of aliphatic hydroxyl groups excluding tert-OH is 1. The Bertz CT molecular complexity index is 319. The molecule has 15 heavy (non-hydrogen) atoms. The van der Waals surface area contributed by atoms with Crippen LogP contribution in [0.15, 0.2) is 6.20 Å². The molecule has 4 nitrogen and oxygen atoms in total. The third-order valence-electron chi connectivity index (χ3n) is 1.96. The van der Waals surface area contributed by atoms with Crippen LogP contribution in [0.4, 0.5) is 8.78 Å². The summed E-state index contributed by atoms with van der Waals surface area (Å²) in [6.45, 7) is 0.106. The van der Waals surface area contributed by atoms with Gasteiger partial charge in [-0.3, -0.25) is 0 Å². The minimum atomic E-state index is -2.73. The molecule has 0 spiro atoms. The summed E-state index contributed by atoms with van der Waals surface area (Å²) in [5, 5.41) is 12.0. The molecular weight excluding hydrogens is 228 g/mol. The summed E-state index contributed by atoms with van der Waals surface area (Å²) < 4.78 is 25.4. The van der Waals surface area contributed by atoms with Crippen molar-refractivity contribution >= 4 is 11.6 Å². The van der Waals surface area contributed by atoms with Crippen molar-refractivity contribution in [1.29, 1.82) is 0 Å². The van der Waals surface area contributed by atoms with Crippen LogP contribution in [0.2, 0.25) is 5.15 Å². The predicted molar refractivity (Wildman–Crippen MR) is 51.9 cm³/mol. The van der Waals surface area contributed by atoms with Crippen LogP contribution in [0.5, 0.6) is 0 Å². The Labute approximate surface area is 90.9 Å². The lowest BCUT2D eigenvalue weighted by Crippen LogP contribution is -2.32. The van der Waals surface area contributed by atoms with E-state index < -0.39 is 12.5 Å². The molecule has 1 rings (SSSR count). The molecule has 0 bridgehead atoms. The first-order valence-electron chi connectivity index (χ1n) is 4.35. The summed E-state index contributed by atoms with van der Waals surface area (Å²) in [7, 11) is 1.72. The quantitative estimate of drug-likeness (QED) is 0.799. The van der Waals surface area contributed by atoms with Gasteiger partial charge in [0, 0.05) is 13.6 Å². The fourth-order valence-corrected chi connectivity index (χ4v) is 1.16. The van der Waals surface area contributed by atoms with Gasteiger partial charge >= 0.3 is 0 Å². The van der Waals surface area contributed by atoms with Gasteiger partial charge < -0.3 is 15.0 Å². The summed E-state index contributed by atoms with van der Waals surface area (Å²) in [4.78, 5) is 3.96. The van der Waals surface area contributed by atoms with Crippen LogP contribution in [-0.2, 0) is 13.6 Å². The third-order valence-corrected chi connectivity index (χ3v) is 2.31. The molecule has 1 unspecified atom stereocenters. The minimum absolute atomic E-state index is 0.178. The Morgan fingerprint density at radius 2 is 2.33 bits per heavy atom. The van der Waals surface area contributed by atoms with Gasteiger partial charge in [0.1, 0.15) is 17.1 Å². The van der Waals surface area contributed by atoms with Crippen LogP contribution in [0, 0.1) is 0 Å². The molecule has 0 saturated heterocycles. The summed E-state index contributed by atoms with van der Waals surface area (Å²) in [5.74, 6) is 0.626. The van der Waals surface area contributed by atoms with Crippen LogP contribution in [0.1, 0.15) is 5.82 Å². The molecule has 7 heteroatoms. The molecule has 0 saturated carbocycles. The van der Waals surface area contributed by atoms with Gasteiger partial charge in [-0.2, -0.15) is 0 Å². The van der Waals surface area contributed by atoms with Crippen LogP contribution < -0.4 is 5.32 Å². The van der Waals surface area contributed by atoms with E-state index in [1.165, 1.54) is 6.20 Å². The van der Waals surface area contributed by atoms with Gasteiger partial charge in [0.25, 0.3) is 6.43 Å². The van der Waals surface area contributed by atoms with Crippen molar-refractivity contribution in [3.05, 3.63) is 17.2 Å². The number of hydrogen-bond acceptors (Lipinski definition) is 3. The number of nitrogens with zero attached hydrogens (tertiary/aromatic N) is 2. The number of imidazole rings is 1. The molecule has 0 amide bonds. The van der Waals surface area contributed by atoms with Crippen LogP contribution in [-0.4, -0.2) is 33.7 Å². The van der Waals surface area contributed by atoms with Crippen molar-refractivity contribution in [2.45, 2.75) is 19.1 Å². The highest BCUT2D eigenvalue weighted by Gasteiger charge is 2.16. The Hall–Kier alpha value is -0.720. The lowest BCUT2D eigenvalue weighted by atomic mass is 10.3. The van der Waals surface area contributed by atoms with E-state index in [9.17, 15) is 8.78 Å². The topological polar surface area (TPSA) is 50.1 Å². The Balaban J connectivity index is 2.35. The average molecular weight is 240 g/mol. The Morgan fingerprint density at radius 1 is 1.67 bits per heavy atom. The molecule has 1 heterocycles. The maximum Gasteiger partial charge on any atom is 0.265 e. The molecule has 0 fully saturated rings. The maximum absolute atomic E-state index is 11.9. The summed E-state index contributed by atoms with van der Waals surface area (Å²) in [6.07, 6.45) is -2.91. The third kappa shape index (κ3) is 3.40. The van der Waals surface area contributed by atoms with E-state index in [1.54, 1.807) is 11.6 Å². The van der Waals surface area contributed by atoms with Gasteiger partial charge in [-0.15, -0.1) is 0 Å².